The first-order valence-electron chi connectivity index (χ1n) is 6.62. The van der Waals surface area contributed by atoms with E-state index < -0.39 is 17.9 Å². The van der Waals surface area contributed by atoms with Crippen LogP contribution in [0.4, 0.5) is 23.2 Å². The van der Waals surface area contributed by atoms with Crippen molar-refractivity contribution in [2.24, 2.45) is 11.8 Å². The van der Waals surface area contributed by atoms with Gasteiger partial charge < -0.3 is 5.32 Å². The maximum absolute atomic E-state index is 13.0. The summed E-state index contributed by atoms with van der Waals surface area (Å²) in [6.07, 6.45) is -2.55. The molecule has 1 fully saturated rings. The molecule has 1 saturated carbocycles. The molecule has 0 heterocycles. The molecule has 0 saturated heterocycles. The van der Waals surface area contributed by atoms with Gasteiger partial charge in [0.05, 0.1) is 10.9 Å². The summed E-state index contributed by atoms with van der Waals surface area (Å²) in [7, 11) is 0. The van der Waals surface area contributed by atoms with Crippen LogP contribution in [-0.2, 0) is 0 Å². The summed E-state index contributed by atoms with van der Waals surface area (Å²) in [5.74, 6) is -1.42. The van der Waals surface area contributed by atoms with Gasteiger partial charge in [-0.1, -0.05) is 11.6 Å². The fourth-order valence-corrected chi connectivity index (χ4v) is 2.74. The molecule has 2 rings (SSSR count). The van der Waals surface area contributed by atoms with E-state index in [0.29, 0.717) is 25.1 Å². The van der Waals surface area contributed by atoms with Gasteiger partial charge in [-0.25, -0.2) is 4.39 Å². The third kappa shape index (κ3) is 4.01. The van der Waals surface area contributed by atoms with Crippen LogP contribution in [0.1, 0.15) is 25.7 Å². The maximum Gasteiger partial charge on any atom is 0.391 e. The van der Waals surface area contributed by atoms with Gasteiger partial charge in [0.25, 0.3) is 0 Å². The van der Waals surface area contributed by atoms with E-state index >= 15 is 0 Å². The highest BCUT2D eigenvalue weighted by Crippen LogP contribution is 2.39. The third-order valence-corrected chi connectivity index (χ3v) is 4.11. The summed E-state index contributed by atoms with van der Waals surface area (Å²) in [6.45, 7) is 0.590. The second-order valence-electron chi connectivity index (χ2n) is 5.27. The Morgan fingerprint density at radius 1 is 1.15 bits per heavy atom. The molecule has 1 aromatic rings. The first kappa shape index (κ1) is 15.4. The fraction of sp³-hybridized carbons (Fsp3) is 0.571. The second-order valence-corrected chi connectivity index (χ2v) is 5.68. The average molecular weight is 310 g/mol. The van der Waals surface area contributed by atoms with E-state index in [1.54, 1.807) is 6.07 Å². The zero-order chi connectivity index (χ0) is 14.8. The minimum Gasteiger partial charge on any atom is -0.385 e. The van der Waals surface area contributed by atoms with E-state index in [0.717, 1.165) is 0 Å². The van der Waals surface area contributed by atoms with E-state index in [1.165, 1.54) is 12.1 Å². The number of nitrogens with one attached hydrogen (secondary N) is 1. The third-order valence-electron chi connectivity index (χ3n) is 3.82. The largest absolute Gasteiger partial charge is 0.391 e. The number of halogens is 5. The minimum absolute atomic E-state index is 0.0378. The Morgan fingerprint density at radius 3 is 2.35 bits per heavy atom. The molecule has 1 nitrogen and oxygen atoms in total. The number of alkyl halides is 3. The lowest BCUT2D eigenvalue weighted by molar-refractivity contribution is -0.183. The molecule has 0 radical (unpaired) electrons. The summed E-state index contributed by atoms with van der Waals surface area (Å²) in [5, 5.41) is 3.14. The highest BCUT2D eigenvalue weighted by Gasteiger charge is 2.41. The Morgan fingerprint density at radius 2 is 1.80 bits per heavy atom. The SMILES string of the molecule is Fc1ccc(NC[C@H]2CC[C@H](C(F)(F)F)CC2)cc1Cl. The van der Waals surface area contributed by atoms with Crippen molar-refractivity contribution in [1.82, 2.24) is 0 Å². The topological polar surface area (TPSA) is 12.0 Å². The Bertz CT molecular complexity index is 453. The molecule has 0 aliphatic heterocycles. The smallest absolute Gasteiger partial charge is 0.385 e. The quantitative estimate of drug-likeness (QED) is 0.751. The number of hydrogen-bond donors (Lipinski definition) is 1. The average Bonchev–Trinajstić information content (AvgIpc) is 2.40. The van der Waals surface area contributed by atoms with Crippen molar-refractivity contribution >= 4 is 17.3 Å². The summed E-state index contributed by atoms with van der Waals surface area (Å²) in [6, 6.07) is 4.33. The monoisotopic (exact) mass is 309 g/mol. The maximum atomic E-state index is 13.0. The molecule has 1 N–H and O–H groups in total. The predicted molar refractivity (Wildman–Crippen MR) is 71.4 cm³/mol. The Kier molecular flexibility index (Phi) is 4.78. The minimum atomic E-state index is -4.07. The van der Waals surface area contributed by atoms with Gasteiger partial charge in [0, 0.05) is 12.2 Å². The van der Waals surface area contributed by atoms with Gasteiger partial charge in [-0.05, 0) is 49.8 Å². The van der Waals surface area contributed by atoms with Crippen LogP contribution in [0.5, 0.6) is 0 Å². The molecular weight excluding hydrogens is 294 g/mol. The molecule has 1 aliphatic carbocycles. The molecule has 0 amide bonds. The first-order chi connectivity index (χ1) is 9.36. The zero-order valence-electron chi connectivity index (χ0n) is 10.8. The molecule has 112 valence electrons. The lowest BCUT2D eigenvalue weighted by atomic mass is 9.81. The van der Waals surface area contributed by atoms with Crippen molar-refractivity contribution in [2.45, 2.75) is 31.9 Å². The van der Waals surface area contributed by atoms with Crippen molar-refractivity contribution in [3.8, 4) is 0 Å². The Hall–Kier alpha value is -0.970. The summed E-state index contributed by atoms with van der Waals surface area (Å²) < 4.78 is 50.6. The van der Waals surface area contributed by atoms with Crippen LogP contribution in [0.15, 0.2) is 18.2 Å². The molecule has 0 spiro atoms. The van der Waals surface area contributed by atoms with Crippen LogP contribution >= 0.6 is 11.6 Å². The van der Waals surface area contributed by atoms with Crippen LogP contribution < -0.4 is 5.32 Å². The lowest BCUT2D eigenvalue weighted by Crippen LogP contribution is -2.29. The van der Waals surface area contributed by atoms with E-state index in [-0.39, 0.29) is 23.8 Å². The Labute approximate surface area is 120 Å². The first-order valence-corrected chi connectivity index (χ1v) is 6.99. The van der Waals surface area contributed by atoms with Crippen LogP contribution in [0.3, 0.4) is 0 Å². The summed E-state index contributed by atoms with van der Waals surface area (Å²) in [4.78, 5) is 0. The molecule has 0 bridgehead atoms. The van der Waals surface area contributed by atoms with Gasteiger partial charge in [-0.15, -0.1) is 0 Å². The number of benzene rings is 1. The van der Waals surface area contributed by atoms with Crippen molar-refractivity contribution in [3.05, 3.63) is 29.0 Å². The van der Waals surface area contributed by atoms with Crippen molar-refractivity contribution in [2.75, 3.05) is 11.9 Å². The molecule has 1 aromatic carbocycles. The lowest BCUT2D eigenvalue weighted by Gasteiger charge is -2.30. The highest BCUT2D eigenvalue weighted by molar-refractivity contribution is 6.31. The van der Waals surface area contributed by atoms with E-state index in [2.05, 4.69) is 5.32 Å². The highest BCUT2D eigenvalue weighted by atomic mass is 35.5. The number of rotatable bonds is 3. The van der Waals surface area contributed by atoms with Crippen molar-refractivity contribution < 1.29 is 17.6 Å². The normalized spacial score (nSPS) is 23.6. The van der Waals surface area contributed by atoms with Gasteiger partial charge >= 0.3 is 6.18 Å². The van der Waals surface area contributed by atoms with Crippen LogP contribution in [0.2, 0.25) is 5.02 Å². The van der Waals surface area contributed by atoms with Crippen LogP contribution in [0.25, 0.3) is 0 Å². The molecule has 6 heteroatoms. The van der Waals surface area contributed by atoms with Gasteiger partial charge in [0.1, 0.15) is 5.82 Å². The van der Waals surface area contributed by atoms with Crippen LogP contribution in [-0.4, -0.2) is 12.7 Å². The standard InChI is InChI=1S/C14H16ClF4N/c15-12-7-11(5-6-13(12)16)20-8-9-1-3-10(4-2-9)14(17,18)19/h5-7,9-10,20H,1-4,8H2/t9-,10-. The molecule has 0 atom stereocenters. The number of hydrogen-bond acceptors (Lipinski definition) is 1. The van der Waals surface area contributed by atoms with Gasteiger partial charge in [0.15, 0.2) is 0 Å². The van der Waals surface area contributed by atoms with E-state index in [9.17, 15) is 17.6 Å². The Balaban J connectivity index is 1.80. The van der Waals surface area contributed by atoms with Gasteiger partial charge in [-0.3, -0.25) is 0 Å². The molecule has 0 unspecified atom stereocenters. The predicted octanol–water partition coefficient (Wildman–Crippen LogP) is 5.26. The molecule has 20 heavy (non-hydrogen) atoms. The van der Waals surface area contributed by atoms with E-state index in [4.69, 9.17) is 11.6 Å². The number of anilines is 1. The summed E-state index contributed by atoms with van der Waals surface area (Å²) in [5.41, 5.74) is 0.689. The fourth-order valence-electron chi connectivity index (χ4n) is 2.56. The van der Waals surface area contributed by atoms with Crippen molar-refractivity contribution in [3.63, 3.8) is 0 Å². The molecule has 0 aromatic heterocycles. The van der Waals surface area contributed by atoms with Gasteiger partial charge in [-0.2, -0.15) is 13.2 Å². The molecular formula is C14H16ClF4N. The molecule has 1 aliphatic rings. The summed E-state index contributed by atoms with van der Waals surface area (Å²) >= 11 is 5.66. The second kappa shape index (κ2) is 6.20. The van der Waals surface area contributed by atoms with Crippen LogP contribution in [0, 0.1) is 17.7 Å². The van der Waals surface area contributed by atoms with E-state index in [1.807, 2.05) is 0 Å². The van der Waals surface area contributed by atoms with Crippen molar-refractivity contribution in [1.29, 1.82) is 0 Å². The van der Waals surface area contributed by atoms with Gasteiger partial charge in [0.2, 0.25) is 0 Å². The zero-order valence-corrected chi connectivity index (χ0v) is 11.6.